The van der Waals surface area contributed by atoms with E-state index in [0.29, 0.717) is 16.5 Å². The Morgan fingerprint density at radius 1 is 1.17 bits per heavy atom. The second-order valence-electron chi connectivity index (χ2n) is 5.92. The Morgan fingerprint density at radius 2 is 1.96 bits per heavy atom. The van der Waals surface area contributed by atoms with Crippen LogP contribution in [0.4, 0.5) is 0 Å². The zero-order chi connectivity index (χ0) is 16.8. The number of aliphatic carboxylic acids is 1. The van der Waals surface area contributed by atoms with Crippen molar-refractivity contribution in [3.05, 3.63) is 69.3 Å². The van der Waals surface area contributed by atoms with Gasteiger partial charge < -0.3 is 10.1 Å². The lowest BCUT2D eigenvalue weighted by molar-refractivity contribution is -0.139. The first-order chi connectivity index (χ1) is 11.5. The largest absolute Gasteiger partial charge is 0.480 e. The maximum atomic E-state index is 11.6. The lowest BCUT2D eigenvalue weighted by Crippen LogP contribution is -2.45. The fourth-order valence-corrected chi connectivity index (χ4v) is 3.89. The van der Waals surface area contributed by atoms with Crippen LogP contribution in [0.15, 0.2) is 42.5 Å². The van der Waals surface area contributed by atoms with Crippen molar-refractivity contribution < 1.29 is 9.90 Å². The molecule has 2 heterocycles. The number of aromatic nitrogens is 1. The molecule has 2 aromatic carbocycles. The highest BCUT2D eigenvalue weighted by Crippen LogP contribution is 2.38. The second kappa shape index (κ2) is 5.81. The van der Waals surface area contributed by atoms with E-state index < -0.39 is 12.0 Å². The molecule has 4 nitrogen and oxygen atoms in total. The highest BCUT2D eigenvalue weighted by molar-refractivity contribution is 6.35. The Balaban J connectivity index is 1.92. The molecule has 6 heteroatoms. The van der Waals surface area contributed by atoms with Gasteiger partial charge in [0.1, 0.15) is 6.04 Å². The van der Waals surface area contributed by atoms with E-state index in [4.69, 9.17) is 23.2 Å². The summed E-state index contributed by atoms with van der Waals surface area (Å²) in [6, 6.07) is 12.2. The predicted molar refractivity (Wildman–Crippen MR) is 94.9 cm³/mol. The van der Waals surface area contributed by atoms with Crippen LogP contribution in [0, 0.1) is 0 Å². The van der Waals surface area contributed by atoms with Crippen LogP contribution in [-0.2, 0) is 11.2 Å². The minimum atomic E-state index is -0.874. The molecule has 1 aromatic heterocycles. The van der Waals surface area contributed by atoms with Gasteiger partial charge >= 0.3 is 5.97 Å². The number of fused-ring (bicyclic) bond motifs is 3. The number of halogens is 2. The molecule has 0 saturated heterocycles. The molecule has 0 amide bonds. The number of carboxylic acid groups (broad SMARTS) is 1. The van der Waals surface area contributed by atoms with Gasteiger partial charge in [0.05, 0.1) is 6.04 Å². The number of H-pyrrole nitrogens is 1. The Bertz CT molecular complexity index is 951. The van der Waals surface area contributed by atoms with Gasteiger partial charge in [0.2, 0.25) is 0 Å². The molecule has 0 bridgehead atoms. The number of carboxylic acids is 1. The predicted octanol–water partition coefficient (Wildman–Crippen LogP) is 4.16. The quantitative estimate of drug-likeness (QED) is 0.642. The normalized spacial score (nSPS) is 20.1. The molecule has 1 aliphatic rings. The molecule has 2 atom stereocenters. The molecule has 1 aliphatic heterocycles. The van der Waals surface area contributed by atoms with Gasteiger partial charge in [-0.25, -0.2) is 0 Å². The van der Waals surface area contributed by atoms with E-state index in [0.717, 1.165) is 27.7 Å². The third-order valence-electron chi connectivity index (χ3n) is 4.48. The summed E-state index contributed by atoms with van der Waals surface area (Å²) in [5.74, 6) is -0.874. The summed E-state index contributed by atoms with van der Waals surface area (Å²) in [5.41, 5.74) is 3.77. The van der Waals surface area contributed by atoms with Gasteiger partial charge in [0.15, 0.2) is 0 Å². The van der Waals surface area contributed by atoms with Crippen LogP contribution in [0.3, 0.4) is 0 Å². The molecule has 0 spiro atoms. The second-order valence-corrected chi connectivity index (χ2v) is 6.77. The van der Waals surface area contributed by atoms with E-state index in [2.05, 4.69) is 10.3 Å². The van der Waals surface area contributed by atoms with Crippen LogP contribution >= 0.6 is 23.2 Å². The van der Waals surface area contributed by atoms with E-state index in [9.17, 15) is 9.90 Å². The van der Waals surface area contributed by atoms with Gasteiger partial charge in [-0.2, -0.15) is 0 Å². The van der Waals surface area contributed by atoms with Crippen molar-refractivity contribution in [2.24, 2.45) is 0 Å². The average Bonchev–Trinajstić information content (AvgIpc) is 2.93. The summed E-state index contributed by atoms with van der Waals surface area (Å²) >= 11 is 12.4. The Labute approximate surface area is 148 Å². The first-order valence-electron chi connectivity index (χ1n) is 7.58. The van der Waals surface area contributed by atoms with E-state index in [1.807, 2.05) is 30.3 Å². The SMILES string of the molecule is O=C(O)[C@@H]1Cc2c([nH]c3ccccc23)C(c2ccc(Cl)cc2Cl)N1. The summed E-state index contributed by atoms with van der Waals surface area (Å²) in [6.07, 6.45) is 0.427. The van der Waals surface area contributed by atoms with Gasteiger partial charge in [-0.3, -0.25) is 10.1 Å². The van der Waals surface area contributed by atoms with Gasteiger partial charge in [-0.1, -0.05) is 47.5 Å². The van der Waals surface area contributed by atoms with Crippen LogP contribution in [0.1, 0.15) is 22.9 Å². The molecule has 3 N–H and O–H groups in total. The van der Waals surface area contributed by atoms with Gasteiger partial charge in [0, 0.05) is 33.1 Å². The first kappa shape index (κ1) is 15.5. The summed E-state index contributed by atoms with van der Waals surface area (Å²) in [4.78, 5) is 15.0. The molecule has 0 aliphatic carbocycles. The van der Waals surface area contributed by atoms with Crippen molar-refractivity contribution in [3.8, 4) is 0 Å². The number of nitrogens with one attached hydrogen (secondary N) is 2. The minimum absolute atomic E-state index is 0.327. The monoisotopic (exact) mass is 360 g/mol. The van der Waals surface area contributed by atoms with Crippen molar-refractivity contribution >= 4 is 40.1 Å². The Morgan fingerprint density at radius 3 is 2.71 bits per heavy atom. The molecular weight excluding hydrogens is 347 g/mol. The van der Waals surface area contributed by atoms with Gasteiger partial charge in [0.25, 0.3) is 0 Å². The fraction of sp³-hybridized carbons (Fsp3) is 0.167. The molecule has 0 fully saturated rings. The Hall–Kier alpha value is -2.01. The van der Waals surface area contributed by atoms with Crippen LogP contribution in [0.25, 0.3) is 10.9 Å². The molecule has 3 aromatic rings. The van der Waals surface area contributed by atoms with Crippen LogP contribution in [0.5, 0.6) is 0 Å². The van der Waals surface area contributed by atoms with E-state index in [-0.39, 0.29) is 6.04 Å². The fourth-order valence-electron chi connectivity index (χ4n) is 3.37. The van der Waals surface area contributed by atoms with Crippen LogP contribution < -0.4 is 5.32 Å². The van der Waals surface area contributed by atoms with Gasteiger partial charge in [-0.05, 0) is 29.3 Å². The standard InChI is InChI=1S/C18H14Cl2N2O2/c19-9-5-6-11(13(20)7-9)16-17-12(8-15(22-16)18(23)24)10-3-1-2-4-14(10)21-17/h1-7,15-16,21-22H,8H2,(H,23,24)/t15-,16?/m0/s1. The minimum Gasteiger partial charge on any atom is -0.480 e. The molecule has 0 radical (unpaired) electrons. The highest BCUT2D eigenvalue weighted by atomic mass is 35.5. The van der Waals surface area contributed by atoms with Crippen molar-refractivity contribution in [2.45, 2.75) is 18.5 Å². The van der Waals surface area contributed by atoms with Crippen molar-refractivity contribution in [1.82, 2.24) is 10.3 Å². The smallest absolute Gasteiger partial charge is 0.321 e. The molecular formula is C18H14Cl2N2O2. The van der Waals surface area contributed by atoms with E-state index in [1.165, 1.54) is 0 Å². The number of para-hydroxylation sites is 1. The molecule has 1 unspecified atom stereocenters. The van der Waals surface area contributed by atoms with E-state index >= 15 is 0 Å². The summed E-state index contributed by atoms with van der Waals surface area (Å²) in [6.45, 7) is 0. The molecule has 0 saturated carbocycles. The van der Waals surface area contributed by atoms with Crippen LogP contribution in [-0.4, -0.2) is 22.1 Å². The number of carbonyl (C=O) groups is 1. The summed E-state index contributed by atoms with van der Waals surface area (Å²) < 4.78 is 0. The average molecular weight is 361 g/mol. The van der Waals surface area contributed by atoms with Crippen LogP contribution in [0.2, 0.25) is 10.0 Å². The number of aromatic amines is 1. The lowest BCUT2D eigenvalue weighted by Gasteiger charge is -2.30. The number of hydrogen-bond acceptors (Lipinski definition) is 2. The molecule has 122 valence electrons. The maximum absolute atomic E-state index is 11.6. The zero-order valence-corrected chi connectivity index (χ0v) is 14.0. The summed E-state index contributed by atoms with van der Waals surface area (Å²) in [7, 11) is 0. The highest BCUT2D eigenvalue weighted by Gasteiger charge is 2.34. The first-order valence-corrected chi connectivity index (χ1v) is 8.33. The third kappa shape index (κ3) is 2.47. The van der Waals surface area contributed by atoms with Crippen molar-refractivity contribution in [3.63, 3.8) is 0 Å². The molecule has 24 heavy (non-hydrogen) atoms. The Kier molecular flexibility index (Phi) is 3.76. The number of rotatable bonds is 2. The van der Waals surface area contributed by atoms with Crippen molar-refractivity contribution in [2.75, 3.05) is 0 Å². The number of hydrogen-bond donors (Lipinski definition) is 3. The van der Waals surface area contributed by atoms with Gasteiger partial charge in [-0.15, -0.1) is 0 Å². The topological polar surface area (TPSA) is 65.1 Å². The van der Waals surface area contributed by atoms with E-state index in [1.54, 1.807) is 12.1 Å². The lowest BCUT2D eigenvalue weighted by atomic mass is 9.90. The summed E-state index contributed by atoms with van der Waals surface area (Å²) in [5, 5.41) is 14.8. The maximum Gasteiger partial charge on any atom is 0.321 e. The number of benzene rings is 2. The third-order valence-corrected chi connectivity index (χ3v) is 5.05. The van der Waals surface area contributed by atoms with Crippen molar-refractivity contribution in [1.29, 1.82) is 0 Å². The zero-order valence-electron chi connectivity index (χ0n) is 12.5. The molecule has 4 rings (SSSR count).